The van der Waals surface area contributed by atoms with E-state index in [2.05, 4.69) is 30.6 Å². The fourth-order valence-electron chi connectivity index (χ4n) is 1.75. The van der Waals surface area contributed by atoms with Crippen LogP contribution >= 0.6 is 25.3 Å². The molecular weight excluding hydrogens is 314 g/mol. The summed E-state index contributed by atoms with van der Waals surface area (Å²) in [6, 6.07) is -1.14. The molecule has 2 atom stereocenters. The van der Waals surface area contributed by atoms with Crippen molar-refractivity contribution in [2.75, 3.05) is 5.75 Å². The average Bonchev–Trinajstić information content (AvgIpc) is 2.39. The number of carboxylic acid groups (broad SMARTS) is 2. The maximum atomic E-state index is 11.6. The molecule has 8 heteroatoms. The zero-order chi connectivity index (χ0) is 16.3. The zero-order valence-electron chi connectivity index (χ0n) is 11.8. The van der Waals surface area contributed by atoms with Gasteiger partial charge in [0.15, 0.2) is 0 Å². The number of carboxylic acids is 2. The summed E-state index contributed by atoms with van der Waals surface area (Å²) in [6.45, 7) is 0. The predicted molar refractivity (Wildman–Crippen MR) is 86.1 cm³/mol. The molecule has 122 valence electrons. The van der Waals surface area contributed by atoms with Crippen LogP contribution in [0.25, 0.3) is 0 Å². The van der Waals surface area contributed by atoms with Gasteiger partial charge in [-0.25, -0.2) is 4.79 Å². The van der Waals surface area contributed by atoms with E-state index in [1.165, 1.54) is 0 Å². The van der Waals surface area contributed by atoms with Crippen molar-refractivity contribution in [1.82, 2.24) is 5.32 Å². The second-order valence-corrected chi connectivity index (χ2v) is 5.98. The van der Waals surface area contributed by atoms with Gasteiger partial charge in [0.25, 0.3) is 0 Å². The molecule has 6 nitrogen and oxygen atoms in total. The SMILES string of the molecule is O=C(O)CCC(NC(=O)CCCCC(S)CCS)C(=O)O. The van der Waals surface area contributed by atoms with Gasteiger partial charge in [0.1, 0.15) is 6.04 Å². The highest BCUT2D eigenvalue weighted by Crippen LogP contribution is 2.12. The van der Waals surface area contributed by atoms with Crippen molar-refractivity contribution in [2.24, 2.45) is 0 Å². The smallest absolute Gasteiger partial charge is 0.326 e. The quantitative estimate of drug-likeness (QED) is 0.275. The first kappa shape index (κ1) is 20.1. The lowest BCUT2D eigenvalue weighted by atomic mass is 10.1. The van der Waals surface area contributed by atoms with Crippen LogP contribution in [-0.2, 0) is 14.4 Å². The third-order valence-electron chi connectivity index (χ3n) is 2.93. The molecule has 0 saturated carbocycles. The number of nitrogens with one attached hydrogen (secondary N) is 1. The molecule has 0 rings (SSSR count). The minimum absolute atomic E-state index is 0.114. The summed E-state index contributed by atoms with van der Waals surface area (Å²) in [5.41, 5.74) is 0. The number of amides is 1. The highest BCUT2D eigenvalue weighted by molar-refractivity contribution is 7.81. The summed E-state index contributed by atoms with van der Waals surface area (Å²) in [6.07, 6.45) is 3.12. The van der Waals surface area contributed by atoms with E-state index in [9.17, 15) is 14.4 Å². The van der Waals surface area contributed by atoms with E-state index in [-0.39, 0.29) is 30.4 Å². The van der Waals surface area contributed by atoms with Crippen molar-refractivity contribution >= 4 is 43.1 Å². The topological polar surface area (TPSA) is 104 Å². The van der Waals surface area contributed by atoms with Gasteiger partial charge in [-0.05, 0) is 31.4 Å². The molecule has 0 bridgehead atoms. The van der Waals surface area contributed by atoms with Gasteiger partial charge in [0, 0.05) is 18.1 Å². The second-order valence-electron chi connectivity index (χ2n) is 4.80. The first-order chi connectivity index (χ1) is 9.86. The van der Waals surface area contributed by atoms with E-state index in [4.69, 9.17) is 10.2 Å². The van der Waals surface area contributed by atoms with Gasteiger partial charge >= 0.3 is 11.9 Å². The van der Waals surface area contributed by atoms with E-state index in [1.54, 1.807) is 0 Å². The molecule has 0 radical (unpaired) electrons. The van der Waals surface area contributed by atoms with Crippen molar-refractivity contribution in [3.8, 4) is 0 Å². The van der Waals surface area contributed by atoms with Crippen molar-refractivity contribution < 1.29 is 24.6 Å². The van der Waals surface area contributed by atoms with Crippen LogP contribution in [0.1, 0.15) is 44.9 Å². The van der Waals surface area contributed by atoms with Crippen LogP contribution in [0.4, 0.5) is 0 Å². The maximum Gasteiger partial charge on any atom is 0.326 e. The molecule has 0 saturated heterocycles. The summed E-state index contributed by atoms with van der Waals surface area (Å²) in [5.74, 6) is -1.88. The molecule has 21 heavy (non-hydrogen) atoms. The Morgan fingerprint density at radius 2 is 1.67 bits per heavy atom. The minimum Gasteiger partial charge on any atom is -0.481 e. The lowest BCUT2D eigenvalue weighted by Gasteiger charge is -2.13. The van der Waals surface area contributed by atoms with E-state index in [0.29, 0.717) is 6.42 Å². The number of aliphatic carboxylic acids is 2. The highest BCUT2D eigenvalue weighted by atomic mass is 32.1. The third-order valence-corrected chi connectivity index (χ3v) is 3.71. The molecule has 3 N–H and O–H groups in total. The molecule has 0 aliphatic rings. The molecule has 0 aromatic rings. The van der Waals surface area contributed by atoms with E-state index >= 15 is 0 Å². The number of carbonyl (C=O) groups is 3. The summed E-state index contributed by atoms with van der Waals surface area (Å²) in [5, 5.41) is 20.1. The number of rotatable bonds is 12. The van der Waals surface area contributed by atoms with E-state index in [0.717, 1.165) is 25.0 Å². The van der Waals surface area contributed by atoms with Gasteiger partial charge in [-0.1, -0.05) is 6.42 Å². The Hall–Kier alpha value is -0.890. The van der Waals surface area contributed by atoms with Crippen LogP contribution in [0.5, 0.6) is 0 Å². The Bertz CT molecular complexity index is 351. The average molecular weight is 337 g/mol. The molecule has 0 spiro atoms. The number of hydrogen-bond donors (Lipinski definition) is 5. The molecule has 0 aromatic carbocycles. The highest BCUT2D eigenvalue weighted by Gasteiger charge is 2.20. The van der Waals surface area contributed by atoms with Crippen molar-refractivity contribution in [3.63, 3.8) is 0 Å². The van der Waals surface area contributed by atoms with Crippen LogP contribution < -0.4 is 5.32 Å². The van der Waals surface area contributed by atoms with Crippen LogP contribution in [-0.4, -0.2) is 45.1 Å². The Balaban J connectivity index is 3.93. The lowest BCUT2D eigenvalue weighted by molar-refractivity contribution is -0.143. The Labute approximate surface area is 135 Å². The molecule has 0 aromatic heterocycles. The first-order valence-electron chi connectivity index (χ1n) is 6.89. The summed E-state index contributed by atoms with van der Waals surface area (Å²) in [4.78, 5) is 33.0. The Morgan fingerprint density at radius 3 is 2.19 bits per heavy atom. The largest absolute Gasteiger partial charge is 0.481 e. The van der Waals surface area contributed by atoms with Gasteiger partial charge in [-0.15, -0.1) is 0 Å². The van der Waals surface area contributed by atoms with Gasteiger partial charge in [0.2, 0.25) is 5.91 Å². The van der Waals surface area contributed by atoms with Gasteiger partial charge in [0.05, 0.1) is 0 Å². The molecular formula is C13H23NO5S2. The van der Waals surface area contributed by atoms with E-state index in [1.807, 2.05) is 0 Å². The fourth-order valence-corrected chi connectivity index (χ4v) is 2.58. The van der Waals surface area contributed by atoms with Crippen molar-refractivity contribution in [3.05, 3.63) is 0 Å². The summed E-state index contributed by atoms with van der Waals surface area (Å²) in [7, 11) is 0. The molecule has 0 aliphatic heterocycles. The van der Waals surface area contributed by atoms with Crippen molar-refractivity contribution in [2.45, 2.75) is 56.2 Å². The maximum absolute atomic E-state index is 11.6. The minimum atomic E-state index is -1.21. The molecule has 1 amide bonds. The summed E-state index contributed by atoms with van der Waals surface area (Å²) < 4.78 is 0. The monoisotopic (exact) mass is 337 g/mol. The Kier molecular flexibility index (Phi) is 11.2. The number of carbonyl (C=O) groups excluding carboxylic acids is 1. The van der Waals surface area contributed by atoms with Gasteiger partial charge < -0.3 is 15.5 Å². The van der Waals surface area contributed by atoms with Crippen LogP contribution in [0.2, 0.25) is 0 Å². The Morgan fingerprint density at radius 1 is 1.00 bits per heavy atom. The lowest BCUT2D eigenvalue weighted by Crippen LogP contribution is -2.41. The number of thiol groups is 2. The molecule has 0 heterocycles. The molecule has 2 unspecified atom stereocenters. The standard InChI is InChI=1S/C13H23NO5S2/c15-11(4-2-1-3-9(21)7-8-20)14-10(13(18)19)5-6-12(16)17/h9-10,20-21H,1-8H2,(H,14,15)(H,16,17)(H,18,19). The predicted octanol–water partition coefficient (Wildman–Crippen LogP) is 1.60. The van der Waals surface area contributed by atoms with Gasteiger partial charge in [-0.2, -0.15) is 25.3 Å². The van der Waals surface area contributed by atoms with Gasteiger partial charge in [-0.3, -0.25) is 9.59 Å². The van der Waals surface area contributed by atoms with Crippen LogP contribution in [0.3, 0.4) is 0 Å². The first-order valence-corrected chi connectivity index (χ1v) is 8.04. The summed E-state index contributed by atoms with van der Waals surface area (Å²) >= 11 is 8.50. The fraction of sp³-hybridized carbons (Fsp3) is 0.769. The normalized spacial score (nSPS) is 13.4. The number of unbranched alkanes of at least 4 members (excludes halogenated alkanes) is 1. The zero-order valence-corrected chi connectivity index (χ0v) is 13.6. The number of hydrogen-bond acceptors (Lipinski definition) is 5. The van der Waals surface area contributed by atoms with E-state index < -0.39 is 18.0 Å². The second kappa shape index (κ2) is 11.7. The molecule has 0 aliphatic carbocycles. The molecule has 0 fully saturated rings. The van der Waals surface area contributed by atoms with Crippen molar-refractivity contribution in [1.29, 1.82) is 0 Å². The third kappa shape index (κ3) is 11.4. The van der Waals surface area contributed by atoms with Crippen LogP contribution in [0.15, 0.2) is 0 Å². The van der Waals surface area contributed by atoms with Crippen LogP contribution in [0, 0.1) is 0 Å².